The lowest BCUT2D eigenvalue weighted by atomic mass is 10.1. The van der Waals surface area contributed by atoms with Crippen molar-refractivity contribution in [2.24, 2.45) is 5.14 Å². The second kappa shape index (κ2) is 4.79. The fourth-order valence-electron chi connectivity index (χ4n) is 1.15. The van der Waals surface area contributed by atoms with Crippen molar-refractivity contribution in [3.05, 3.63) is 28.0 Å². The van der Waals surface area contributed by atoms with Gasteiger partial charge in [-0.1, -0.05) is 0 Å². The van der Waals surface area contributed by atoms with E-state index < -0.39 is 21.4 Å². The minimum absolute atomic E-state index is 0.294. The molecular formula is C9H13BrN2O3S. The van der Waals surface area contributed by atoms with Gasteiger partial charge >= 0.3 is 0 Å². The minimum Gasteiger partial charge on any atom is -0.385 e. The monoisotopic (exact) mass is 308 g/mol. The SMILES string of the molecule is Cc1nc([C@@H](O)[C@H](C)S(N)(=O)=O)ccc1Br. The summed E-state index contributed by atoms with van der Waals surface area (Å²) in [5.41, 5.74) is 0.973. The van der Waals surface area contributed by atoms with Gasteiger partial charge in [-0.05, 0) is 41.9 Å². The van der Waals surface area contributed by atoms with Gasteiger partial charge in [-0.3, -0.25) is 4.98 Å². The Labute approximate surface area is 103 Å². The van der Waals surface area contributed by atoms with E-state index >= 15 is 0 Å². The van der Waals surface area contributed by atoms with Crippen LogP contribution in [0.1, 0.15) is 24.4 Å². The van der Waals surface area contributed by atoms with E-state index in [1.54, 1.807) is 19.1 Å². The molecule has 7 heteroatoms. The second-order valence-electron chi connectivity index (χ2n) is 3.54. The Bertz CT molecular complexity index is 490. The Morgan fingerprint density at radius 2 is 2.06 bits per heavy atom. The summed E-state index contributed by atoms with van der Waals surface area (Å²) in [5.74, 6) is 0. The molecule has 1 rings (SSSR count). The van der Waals surface area contributed by atoms with Gasteiger partial charge in [-0.25, -0.2) is 13.6 Å². The highest BCUT2D eigenvalue weighted by atomic mass is 79.9. The van der Waals surface area contributed by atoms with Crippen molar-refractivity contribution >= 4 is 26.0 Å². The fraction of sp³-hybridized carbons (Fsp3) is 0.444. The van der Waals surface area contributed by atoms with Gasteiger partial charge in [0.15, 0.2) is 0 Å². The third-order valence-electron chi connectivity index (χ3n) is 2.31. The van der Waals surface area contributed by atoms with E-state index in [2.05, 4.69) is 20.9 Å². The molecule has 0 spiro atoms. The predicted octanol–water partition coefficient (Wildman–Crippen LogP) is 0.863. The number of rotatable bonds is 3. The Morgan fingerprint density at radius 1 is 1.50 bits per heavy atom. The van der Waals surface area contributed by atoms with Crippen molar-refractivity contribution in [3.8, 4) is 0 Å². The van der Waals surface area contributed by atoms with E-state index in [4.69, 9.17) is 5.14 Å². The van der Waals surface area contributed by atoms with Gasteiger partial charge in [0.05, 0.1) is 11.4 Å². The van der Waals surface area contributed by atoms with Gasteiger partial charge in [-0.2, -0.15) is 0 Å². The molecular weight excluding hydrogens is 296 g/mol. The van der Waals surface area contributed by atoms with Crippen LogP contribution < -0.4 is 5.14 Å². The molecule has 0 saturated heterocycles. The number of hydrogen-bond donors (Lipinski definition) is 2. The topological polar surface area (TPSA) is 93.3 Å². The maximum atomic E-state index is 11.1. The van der Waals surface area contributed by atoms with Crippen LogP contribution in [0.2, 0.25) is 0 Å². The molecule has 2 atom stereocenters. The number of pyridine rings is 1. The van der Waals surface area contributed by atoms with Crippen LogP contribution in [0.25, 0.3) is 0 Å². The van der Waals surface area contributed by atoms with Crippen molar-refractivity contribution in [1.29, 1.82) is 0 Å². The van der Waals surface area contributed by atoms with Crippen molar-refractivity contribution in [3.63, 3.8) is 0 Å². The summed E-state index contributed by atoms with van der Waals surface area (Å²) in [4.78, 5) is 4.09. The molecule has 3 N–H and O–H groups in total. The number of hydrogen-bond acceptors (Lipinski definition) is 4. The first kappa shape index (κ1) is 13.6. The Hall–Kier alpha value is -0.500. The number of aliphatic hydroxyl groups is 1. The summed E-state index contributed by atoms with van der Waals surface area (Å²) in [6.45, 7) is 3.10. The molecule has 1 aromatic heterocycles. The molecule has 0 aliphatic heterocycles. The molecule has 0 aliphatic carbocycles. The first-order valence-electron chi connectivity index (χ1n) is 4.56. The van der Waals surface area contributed by atoms with E-state index in [1.165, 1.54) is 6.92 Å². The Kier molecular flexibility index (Phi) is 4.06. The minimum atomic E-state index is -3.77. The molecule has 5 nitrogen and oxygen atoms in total. The summed E-state index contributed by atoms with van der Waals surface area (Å²) in [6, 6.07) is 3.26. The largest absolute Gasteiger partial charge is 0.385 e. The number of sulfonamides is 1. The van der Waals surface area contributed by atoms with Crippen LogP contribution >= 0.6 is 15.9 Å². The molecule has 0 fully saturated rings. The zero-order chi connectivity index (χ0) is 12.5. The first-order valence-corrected chi connectivity index (χ1v) is 6.96. The van der Waals surface area contributed by atoms with Crippen molar-refractivity contribution in [2.75, 3.05) is 0 Å². The number of primary sulfonamides is 1. The number of nitrogens with two attached hydrogens (primary N) is 1. The molecule has 16 heavy (non-hydrogen) atoms. The summed E-state index contributed by atoms with van der Waals surface area (Å²) < 4.78 is 23.0. The van der Waals surface area contributed by atoms with Crippen molar-refractivity contribution in [1.82, 2.24) is 4.98 Å². The molecule has 0 saturated carbocycles. The molecule has 0 aliphatic rings. The van der Waals surface area contributed by atoms with Crippen LogP contribution in [0.3, 0.4) is 0 Å². The van der Waals surface area contributed by atoms with Gasteiger partial charge in [0.1, 0.15) is 11.4 Å². The van der Waals surface area contributed by atoms with Crippen molar-refractivity contribution in [2.45, 2.75) is 25.2 Å². The highest BCUT2D eigenvalue weighted by Crippen LogP contribution is 2.22. The number of halogens is 1. The molecule has 0 radical (unpaired) electrons. The second-order valence-corrected chi connectivity index (χ2v) is 6.32. The number of aliphatic hydroxyl groups excluding tert-OH is 1. The van der Waals surface area contributed by atoms with Crippen LogP contribution in [0, 0.1) is 6.92 Å². The van der Waals surface area contributed by atoms with Gasteiger partial charge in [0.2, 0.25) is 10.0 Å². The third kappa shape index (κ3) is 3.00. The number of aryl methyl sites for hydroxylation is 1. The van der Waals surface area contributed by atoms with E-state index in [0.29, 0.717) is 11.4 Å². The smallest absolute Gasteiger partial charge is 0.214 e. The van der Waals surface area contributed by atoms with Gasteiger partial charge < -0.3 is 5.11 Å². The van der Waals surface area contributed by atoms with Crippen LogP contribution in [0.4, 0.5) is 0 Å². The summed E-state index contributed by atoms with van der Waals surface area (Å²) in [6.07, 6.45) is -1.22. The normalized spacial score (nSPS) is 15.8. The van der Waals surface area contributed by atoms with Crippen LogP contribution in [0.5, 0.6) is 0 Å². The average Bonchev–Trinajstić information content (AvgIpc) is 2.18. The predicted molar refractivity (Wildman–Crippen MR) is 64.2 cm³/mol. The molecule has 0 unspecified atom stereocenters. The lowest BCUT2D eigenvalue weighted by Gasteiger charge is -2.16. The van der Waals surface area contributed by atoms with E-state index in [-0.39, 0.29) is 0 Å². The van der Waals surface area contributed by atoms with Crippen LogP contribution in [-0.4, -0.2) is 23.8 Å². The first-order chi connectivity index (χ1) is 7.23. The molecule has 90 valence electrons. The van der Waals surface area contributed by atoms with Crippen LogP contribution in [0.15, 0.2) is 16.6 Å². The Morgan fingerprint density at radius 3 is 2.50 bits per heavy atom. The zero-order valence-electron chi connectivity index (χ0n) is 8.88. The van der Waals surface area contributed by atoms with Gasteiger partial charge in [0.25, 0.3) is 0 Å². The lowest BCUT2D eigenvalue weighted by molar-refractivity contribution is 0.171. The number of nitrogens with zero attached hydrogens (tertiary/aromatic N) is 1. The molecule has 1 aromatic rings. The fourth-order valence-corrected chi connectivity index (χ4v) is 1.87. The summed E-state index contributed by atoms with van der Waals surface area (Å²) >= 11 is 3.27. The average molecular weight is 309 g/mol. The highest BCUT2D eigenvalue weighted by Gasteiger charge is 2.27. The van der Waals surface area contributed by atoms with E-state index in [1.807, 2.05) is 0 Å². The zero-order valence-corrected chi connectivity index (χ0v) is 11.3. The lowest BCUT2D eigenvalue weighted by Crippen LogP contribution is -2.31. The number of aromatic nitrogens is 1. The summed E-state index contributed by atoms with van der Waals surface area (Å²) in [5, 5.41) is 13.7. The van der Waals surface area contributed by atoms with Crippen LogP contribution in [-0.2, 0) is 10.0 Å². The van der Waals surface area contributed by atoms with E-state index in [9.17, 15) is 13.5 Å². The van der Waals surface area contributed by atoms with E-state index in [0.717, 1.165) is 4.47 Å². The molecule has 0 aromatic carbocycles. The summed E-state index contributed by atoms with van der Waals surface area (Å²) in [7, 11) is -3.77. The van der Waals surface area contributed by atoms with Gasteiger partial charge in [-0.15, -0.1) is 0 Å². The molecule has 0 amide bonds. The Balaban J connectivity index is 3.06. The third-order valence-corrected chi connectivity index (χ3v) is 4.44. The molecule has 1 heterocycles. The maximum absolute atomic E-state index is 11.1. The molecule has 0 bridgehead atoms. The maximum Gasteiger partial charge on any atom is 0.214 e. The highest BCUT2D eigenvalue weighted by molar-refractivity contribution is 9.10. The standard InChI is InChI=1S/C9H13BrN2O3S/c1-5-7(10)3-4-8(12-5)9(13)6(2)16(11,14)15/h3-4,6,9,13H,1-2H3,(H2,11,14,15)/t6-,9-/m0/s1. The quantitative estimate of drug-likeness (QED) is 0.866. The van der Waals surface area contributed by atoms with Crippen molar-refractivity contribution < 1.29 is 13.5 Å². The van der Waals surface area contributed by atoms with Gasteiger partial charge in [0, 0.05) is 4.47 Å².